The van der Waals surface area contributed by atoms with Crippen molar-refractivity contribution in [3.8, 4) is 0 Å². The van der Waals surface area contributed by atoms with Crippen LogP contribution in [-0.4, -0.2) is 24.2 Å². The number of ether oxygens (including phenoxy) is 1. The van der Waals surface area contributed by atoms with E-state index >= 15 is 0 Å². The second-order valence-corrected chi connectivity index (χ2v) is 4.22. The Bertz CT molecular complexity index is 401. The molecule has 0 aromatic heterocycles. The van der Waals surface area contributed by atoms with Crippen LogP contribution in [-0.2, 0) is 4.74 Å². The summed E-state index contributed by atoms with van der Waals surface area (Å²) in [6, 6.07) is 0.459. The fourth-order valence-electron chi connectivity index (χ4n) is 2.13. The molecule has 1 aliphatic heterocycles. The van der Waals surface area contributed by atoms with Gasteiger partial charge in [-0.3, -0.25) is 4.90 Å². The summed E-state index contributed by atoms with van der Waals surface area (Å²) in [6.45, 7) is 7.36. The van der Waals surface area contributed by atoms with E-state index in [2.05, 4.69) is 48.8 Å². The zero-order valence-electron chi connectivity index (χ0n) is 10.3. The minimum absolute atomic E-state index is 0.459. The lowest BCUT2D eigenvalue weighted by Gasteiger charge is -2.35. The maximum atomic E-state index is 5.78. The smallest absolute Gasteiger partial charge is 0.142 e. The van der Waals surface area contributed by atoms with E-state index in [1.165, 1.54) is 5.57 Å². The van der Waals surface area contributed by atoms with Crippen molar-refractivity contribution in [1.29, 1.82) is 0 Å². The Morgan fingerprint density at radius 3 is 3.00 bits per heavy atom. The predicted molar refractivity (Wildman–Crippen MR) is 71.4 cm³/mol. The summed E-state index contributed by atoms with van der Waals surface area (Å²) < 4.78 is 5.78. The monoisotopic (exact) mass is 229 g/mol. The van der Waals surface area contributed by atoms with Crippen molar-refractivity contribution in [3.05, 3.63) is 60.4 Å². The molecule has 1 saturated heterocycles. The van der Waals surface area contributed by atoms with E-state index < -0.39 is 0 Å². The Labute approximate surface area is 103 Å². The first-order chi connectivity index (χ1) is 8.35. The van der Waals surface area contributed by atoms with Gasteiger partial charge in [-0.1, -0.05) is 43.0 Å². The first kappa shape index (κ1) is 11.9. The van der Waals surface area contributed by atoms with Crippen molar-refractivity contribution in [1.82, 2.24) is 4.90 Å². The minimum Gasteiger partial charge on any atom is -0.478 e. The standard InChI is InChI=1S/C15H19NO/c1-3-8-15-13(4-2)11-16(12-17-15)14-9-6-5-7-10-14/h3-9,14H,1,10-12H2,2H3/b13-4-,15-8+. The lowest BCUT2D eigenvalue weighted by Crippen LogP contribution is -2.41. The van der Waals surface area contributed by atoms with Gasteiger partial charge in [0.05, 0.1) is 0 Å². The van der Waals surface area contributed by atoms with E-state index in [9.17, 15) is 0 Å². The molecule has 2 heteroatoms. The highest BCUT2D eigenvalue weighted by Crippen LogP contribution is 2.23. The lowest BCUT2D eigenvalue weighted by atomic mass is 10.0. The van der Waals surface area contributed by atoms with Crippen LogP contribution in [0.4, 0.5) is 0 Å². The molecular weight excluding hydrogens is 210 g/mol. The molecule has 0 radical (unpaired) electrons. The lowest BCUT2D eigenvalue weighted by molar-refractivity contribution is 0.0397. The summed E-state index contributed by atoms with van der Waals surface area (Å²) in [6.07, 6.45) is 15.5. The molecule has 0 bridgehead atoms. The number of hydrogen-bond acceptors (Lipinski definition) is 2. The van der Waals surface area contributed by atoms with Gasteiger partial charge in [-0.25, -0.2) is 0 Å². The van der Waals surface area contributed by atoms with Crippen molar-refractivity contribution in [3.63, 3.8) is 0 Å². The molecule has 90 valence electrons. The van der Waals surface area contributed by atoms with Crippen LogP contribution in [0.15, 0.2) is 60.4 Å². The minimum atomic E-state index is 0.459. The highest BCUT2D eigenvalue weighted by atomic mass is 16.5. The van der Waals surface area contributed by atoms with Crippen molar-refractivity contribution in [2.75, 3.05) is 13.3 Å². The average molecular weight is 229 g/mol. The van der Waals surface area contributed by atoms with Gasteiger partial charge in [0, 0.05) is 18.2 Å². The first-order valence-electron chi connectivity index (χ1n) is 6.03. The molecule has 0 amide bonds. The van der Waals surface area contributed by atoms with Gasteiger partial charge in [0.2, 0.25) is 0 Å². The summed E-state index contributed by atoms with van der Waals surface area (Å²) >= 11 is 0. The van der Waals surface area contributed by atoms with Crippen LogP contribution >= 0.6 is 0 Å². The third-order valence-corrected chi connectivity index (χ3v) is 3.12. The Morgan fingerprint density at radius 1 is 1.47 bits per heavy atom. The summed E-state index contributed by atoms with van der Waals surface area (Å²) in [5.74, 6) is 0.953. The third kappa shape index (κ3) is 2.77. The van der Waals surface area contributed by atoms with E-state index in [0.717, 1.165) is 18.7 Å². The highest BCUT2D eigenvalue weighted by Gasteiger charge is 2.23. The third-order valence-electron chi connectivity index (χ3n) is 3.12. The van der Waals surface area contributed by atoms with Crippen LogP contribution in [0.25, 0.3) is 0 Å². The molecule has 17 heavy (non-hydrogen) atoms. The Kier molecular flexibility index (Phi) is 3.99. The van der Waals surface area contributed by atoms with Gasteiger partial charge in [0.1, 0.15) is 12.5 Å². The first-order valence-corrected chi connectivity index (χ1v) is 6.03. The van der Waals surface area contributed by atoms with Gasteiger partial charge < -0.3 is 4.74 Å². The number of allylic oxidation sites excluding steroid dienone is 5. The van der Waals surface area contributed by atoms with Crippen molar-refractivity contribution in [2.45, 2.75) is 19.4 Å². The van der Waals surface area contributed by atoms with Crippen LogP contribution in [0.3, 0.4) is 0 Å². The van der Waals surface area contributed by atoms with Crippen LogP contribution in [0.1, 0.15) is 13.3 Å². The average Bonchev–Trinajstić information content (AvgIpc) is 2.40. The molecule has 0 N–H and O–H groups in total. The summed E-state index contributed by atoms with van der Waals surface area (Å²) in [5.41, 5.74) is 1.24. The van der Waals surface area contributed by atoms with Gasteiger partial charge in [0.25, 0.3) is 0 Å². The molecular formula is C15H19NO. The highest BCUT2D eigenvalue weighted by molar-refractivity contribution is 5.31. The topological polar surface area (TPSA) is 12.5 Å². The zero-order chi connectivity index (χ0) is 12.1. The Morgan fingerprint density at radius 2 is 2.35 bits per heavy atom. The molecule has 0 aromatic rings. The van der Waals surface area contributed by atoms with Gasteiger partial charge >= 0.3 is 0 Å². The Balaban J connectivity index is 2.06. The number of nitrogens with zero attached hydrogens (tertiary/aromatic N) is 1. The molecule has 1 atom stereocenters. The molecule has 0 spiro atoms. The molecule has 2 aliphatic rings. The van der Waals surface area contributed by atoms with E-state index in [1.54, 1.807) is 6.08 Å². The summed E-state index contributed by atoms with van der Waals surface area (Å²) in [5, 5.41) is 0. The van der Waals surface area contributed by atoms with E-state index in [4.69, 9.17) is 4.74 Å². The van der Waals surface area contributed by atoms with E-state index in [-0.39, 0.29) is 0 Å². The van der Waals surface area contributed by atoms with Gasteiger partial charge in [-0.05, 0) is 19.4 Å². The molecule has 1 unspecified atom stereocenters. The van der Waals surface area contributed by atoms with Crippen LogP contribution in [0, 0.1) is 0 Å². The fourth-order valence-corrected chi connectivity index (χ4v) is 2.13. The normalized spacial score (nSPS) is 29.6. The molecule has 1 aliphatic carbocycles. The van der Waals surface area contributed by atoms with E-state index in [1.807, 2.05) is 6.08 Å². The maximum Gasteiger partial charge on any atom is 0.142 e. The van der Waals surface area contributed by atoms with Crippen molar-refractivity contribution < 1.29 is 4.74 Å². The van der Waals surface area contributed by atoms with Gasteiger partial charge in [-0.15, -0.1) is 0 Å². The zero-order valence-corrected chi connectivity index (χ0v) is 10.3. The quantitative estimate of drug-likeness (QED) is 0.721. The van der Waals surface area contributed by atoms with Crippen molar-refractivity contribution >= 4 is 0 Å². The number of rotatable bonds is 2. The largest absolute Gasteiger partial charge is 0.478 e. The predicted octanol–water partition coefficient (Wildman–Crippen LogP) is 3.18. The fraction of sp³-hybridized carbons (Fsp3) is 0.333. The van der Waals surface area contributed by atoms with Gasteiger partial charge in [0.15, 0.2) is 0 Å². The van der Waals surface area contributed by atoms with Crippen molar-refractivity contribution in [2.24, 2.45) is 0 Å². The summed E-state index contributed by atoms with van der Waals surface area (Å²) in [7, 11) is 0. The second-order valence-electron chi connectivity index (χ2n) is 4.22. The molecule has 2 rings (SSSR count). The Hall–Kier alpha value is -1.54. The molecule has 0 saturated carbocycles. The summed E-state index contributed by atoms with van der Waals surface area (Å²) in [4.78, 5) is 2.34. The van der Waals surface area contributed by atoms with Gasteiger partial charge in [-0.2, -0.15) is 0 Å². The van der Waals surface area contributed by atoms with Crippen LogP contribution in [0.2, 0.25) is 0 Å². The maximum absolute atomic E-state index is 5.78. The SMILES string of the molecule is C=C/C=C1/OCN(C2C=CC=CC2)C/C1=C/C. The molecule has 1 fully saturated rings. The molecule has 0 aromatic carbocycles. The molecule has 2 nitrogen and oxygen atoms in total. The number of hydrogen-bond donors (Lipinski definition) is 0. The van der Waals surface area contributed by atoms with E-state index in [0.29, 0.717) is 12.8 Å². The van der Waals surface area contributed by atoms with Crippen LogP contribution in [0.5, 0.6) is 0 Å². The molecule has 1 heterocycles. The second kappa shape index (κ2) is 5.69. The van der Waals surface area contributed by atoms with Crippen LogP contribution < -0.4 is 0 Å².